The summed E-state index contributed by atoms with van der Waals surface area (Å²) in [5, 5.41) is 6.91. The van der Waals surface area contributed by atoms with Gasteiger partial charge in [-0.2, -0.15) is 0 Å². The Balaban J connectivity index is 1.91. The minimum absolute atomic E-state index is 0.00628. The molecule has 1 aromatic carbocycles. The van der Waals surface area contributed by atoms with Crippen molar-refractivity contribution in [1.82, 2.24) is 10.6 Å². The van der Waals surface area contributed by atoms with Gasteiger partial charge in [-0.3, -0.25) is 4.79 Å². The third-order valence-electron chi connectivity index (χ3n) is 3.49. The zero-order valence-corrected chi connectivity index (χ0v) is 13.3. The van der Waals surface area contributed by atoms with Crippen molar-refractivity contribution < 1.29 is 4.79 Å². The first-order valence-electron chi connectivity index (χ1n) is 7.36. The van der Waals surface area contributed by atoms with Crippen LogP contribution in [0, 0.1) is 0 Å². The van der Waals surface area contributed by atoms with Crippen LogP contribution >= 0.6 is 11.8 Å². The van der Waals surface area contributed by atoms with E-state index in [9.17, 15) is 4.79 Å². The summed E-state index contributed by atoms with van der Waals surface area (Å²) < 4.78 is 0. The Morgan fingerprint density at radius 2 is 2.00 bits per heavy atom. The van der Waals surface area contributed by atoms with Crippen LogP contribution in [-0.2, 0) is 4.79 Å². The Hall–Kier alpha value is -1.00. The molecule has 1 aliphatic rings. The molecule has 0 spiro atoms. The minimum atomic E-state index is -0.00628. The number of nitrogens with one attached hydrogen (secondary N) is 2. The lowest BCUT2D eigenvalue weighted by Gasteiger charge is -2.18. The molecule has 4 heteroatoms. The van der Waals surface area contributed by atoms with Gasteiger partial charge in [0.25, 0.3) is 0 Å². The molecular formula is C16H24N2OS. The maximum absolute atomic E-state index is 12.1. The van der Waals surface area contributed by atoms with Crippen molar-refractivity contribution in [2.24, 2.45) is 0 Å². The summed E-state index contributed by atoms with van der Waals surface area (Å²) in [7, 11) is 0. The Morgan fingerprint density at radius 3 is 2.55 bits per heavy atom. The van der Waals surface area contributed by atoms with Gasteiger partial charge in [-0.1, -0.05) is 26.0 Å². The number of hydrogen-bond acceptors (Lipinski definition) is 3. The van der Waals surface area contributed by atoms with E-state index in [1.807, 2.05) is 18.7 Å². The van der Waals surface area contributed by atoms with E-state index in [2.05, 4.69) is 48.7 Å². The van der Waals surface area contributed by atoms with E-state index in [0.29, 0.717) is 5.25 Å². The molecule has 0 bridgehead atoms. The van der Waals surface area contributed by atoms with Gasteiger partial charge >= 0.3 is 0 Å². The van der Waals surface area contributed by atoms with Crippen molar-refractivity contribution >= 4 is 17.7 Å². The van der Waals surface area contributed by atoms with Gasteiger partial charge in [0.1, 0.15) is 0 Å². The molecule has 3 nitrogen and oxygen atoms in total. The molecule has 1 amide bonds. The number of thioether (sulfide) groups is 1. The first kappa shape index (κ1) is 15.4. The number of hydrogen-bond donors (Lipinski definition) is 2. The molecule has 1 aliphatic heterocycles. The summed E-state index contributed by atoms with van der Waals surface area (Å²) in [6.45, 7) is 7.37. The molecule has 0 aromatic heterocycles. The largest absolute Gasteiger partial charge is 0.348 e. The van der Waals surface area contributed by atoms with E-state index in [1.54, 1.807) is 0 Å². The monoisotopic (exact) mass is 292 g/mol. The van der Waals surface area contributed by atoms with Crippen LogP contribution in [-0.4, -0.2) is 23.7 Å². The molecule has 2 rings (SSSR count). The predicted octanol–water partition coefficient (Wildman–Crippen LogP) is 3.12. The van der Waals surface area contributed by atoms with Gasteiger partial charge in [-0.05, 0) is 44.0 Å². The van der Waals surface area contributed by atoms with E-state index in [4.69, 9.17) is 0 Å². The molecule has 1 saturated heterocycles. The fourth-order valence-electron chi connectivity index (χ4n) is 2.41. The van der Waals surface area contributed by atoms with Gasteiger partial charge in [-0.15, -0.1) is 11.8 Å². The molecule has 2 unspecified atom stereocenters. The number of benzene rings is 1. The Morgan fingerprint density at radius 1 is 1.30 bits per heavy atom. The molecule has 110 valence electrons. The van der Waals surface area contributed by atoms with Crippen LogP contribution in [0.25, 0.3) is 0 Å². The maximum atomic E-state index is 12.1. The SMILES string of the molecule is CC(C)Sc1ccc(C(C)NC(=O)C2CCCN2)cc1. The molecule has 20 heavy (non-hydrogen) atoms. The van der Waals surface area contributed by atoms with Gasteiger partial charge in [-0.25, -0.2) is 0 Å². The van der Waals surface area contributed by atoms with E-state index < -0.39 is 0 Å². The minimum Gasteiger partial charge on any atom is -0.348 e. The molecule has 0 saturated carbocycles. The number of carbonyl (C=O) groups is 1. The van der Waals surface area contributed by atoms with Crippen LogP contribution in [0.2, 0.25) is 0 Å². The van der Waals surface area contributed by atoms with Crippen molar-refractivity contribution in [2.45, 2.75) is 55.8 Å². The van der Waals surface area contributed by atoms with Gasteiger partial charge in [0.2, 0.25) is 5.91 Å². The maximum Gasteiger partial charge on any atom is 0.237 e. The summed E-state index contributed by atoms with van der Waals surface area (Å²) in [5.41, 5.74) is 1.16. The van der Waals surface area contributed by atoms with Crippen molar-refractivity contribution in [2.75, 3.05) is 6.54 Å². The zero-order chi connectivity index (χ0) is 14.5. The summed E-state index contributed by atoms with van der Waals surface area (Å²) in [6.07, 6.45) is 2.04. The van der Waals surface area contributed by atoms with Crippen molar-refractivity contribution in [3.63, 3.8) is 0 Å². The second kappa shape index (κ2) is 7.14. The Labute approximate surface area is 125 Å². The molecule has 1 fully saturated rings. The van der Waals surface area contributed by atoms with Crippen molar-refractivity contribution in [1.29, 1.82) is 0 Å². The highest BCUT2D eigenvalue weighted by molar-refractivity contribution is 7.99. The molecule has 2 atom stereocenters. The van der Waals surface area contributed by atoms with Crippen LogP contribution in [0.4, 0.5) is 0 Å². The van der Waals surface area contributed by atoms with Crippen LogP contribution in [0.3, 0.4) is 0 Å². The first-order valence-corrected chi connectivity index (χ1v) is 8.24. The second-order valence-corrected chi connectivity index (χ2v) is 7.26. The fourth-order valence-corrected chi connectivity index (χ4v) is 3.25. The van der Waals surface area contributed by atoms with E-state index in [0.717, 1.165) is 24.9 Å². The lowest BCUT2D eigenvalue weighted by Crippen LogP contribution is -2.41. The average molecular weight is 292 g/mol. The number of amides is 1. The van der Waals surface area contributed by atoms with Crippen LogP contribution in [0.15, 0.2) is 29.2 Å². The standard InChI is InChI=1S/C16H24N2OS/c1-11(2)20-14-8-6-13(7-9-14)12(3)18-16(19)15-5-4-10-17-15/h6-9,11-12,15,17H,4-5,10H2,1-3H3,(H,18,19). The lowest BCUT2D eigenvalue weighted by molar-refractivity contribution is -0.123. The highest BCUT2D eigenvalue weighted by Gasteiger charge is 2.23. The van der Waals surface area contributed by atoms with E-state index >= 15 is 0 Å². The summed E-state index contributed by atoms with van der Waals surface area (Å²) in [4.78, 5) is 13.3. The third kappa shape index (κ3) is 4.25. The van der Waals surface area contributed by atoms with Gasteiger partial charge in [0.15, 0.2) is 0 Å². The lowest BCUT2D eigenvalue weighted by atomic mass is 10.1. The summed E-state index contributed by atoms with van der Waals surface area (Å²) in [6, 6.07) is 8.54. The predicted molar refractivity (Wildman–Crippen MR) is 85.0 cm³/mol. The highest BCUT2D eigenvalue weighted by atomic mass is 32.2. The molecule has 1 heterocycles. The molecule has 0 radical (unpaired) electrons. The van der Waals surface area contributed by atoms with Crippen LogP contribution in [0.1, 0.15) is 45.2 Å². The fraction of sp³-hybridized carbons (Fsp3) is 0.562. The number of carbonyl (C=O) groups excluding carboxylic acids is 1. The van der Waals surface area contributed by atoms with Crippen LogP contribution < -0.4 is 10.6 Å². The number of rotatable bonds is 5. The van der Waals surface area contributed by atoms with Crippen molar-refractivity contribution in [3.05, 3.63) is 29.8 Å². The third-order valence-corrected chi connectivity index (χ3v) is 4.50. The quantitative estimate of drug-likeness (QED) is 0.819. The molecule has 0 aliphatic carbocycles. The first-order chi connectivity index (χ1) is 9.56. The summed E-state index contributed by atoms with van der Waals surface area (Å²) in [5.74, 6) is 0.121. The molecule has 1 aromatic rings. The Bertz CT molecular complexity index is 438. The van der Waals surface area contributed by atoms with E-state index in [1.165, 1.54) is 4.90 Å². The van der Waals surface area contributed by atoms with E-state index in [-0.39, 0.29) is 18.0 Å². The Kier molecular flexibility index (Phi) is 5.49. The molecular weight excluding hydrogens is 268 g/mol. The molecule has 2 N–H and O–H groups in total. The van der Waals surface area contributed by atoms with Crippen LogP contribution in [0.5, 0.6) is 0 Å². The van der Waals surface area contributed by atoms with Gasteiger partial charge in [0.05, 0.1) is 12.1 Å². The normalized spacial score (nSPS) is 20.1. The van der Waals surface area contributed by atoms with Gasteiger partial charge in [0, 0.05) is 10.1 Å². The topological polar surface area (TPSA) is 41.1 Å². The summed E-state index contributed by atoms with van der Waals surface area (Å²) >= 11 is 1.86. The second-order valence-electron chi connectivity index (χ2n) is 5.61. The van der Waals surface area contributed by atoms with Gasteiger partial charge < -0.3 is 10.6 Å². The van der Waals surface area contributed by atoms with Crippen molar-refractivity contribution in [3.8, 4) is 0 Å². The zero-order valence-electron chi connectivity index (χ0n) is 12.5. The highest BCUT2D eigenvalue weighted by Crippen LogP contribution is 2.24. The smallest absolute Gasteiger partial charge is 0.237 e. The average Bonchev–Trinajstić information content (AvgIpc) is 2.92.